The van der Waals surface area contributed by atoms with Crippen molar-refractivity contribution in [2.75, 3.05) is 6.54 Å². The molecule has 1 heterocycles. The molecule has 0 saturated heterocycles. The largest absolute Gasteiger partial charge is 0.309 e. The fourth-order valence-electron chi connectivity index (χ4n) is 2.16. The minimum atomic E-state index is -0.377. The average Bonchev–Trinajstić information content (AvgIpc) is 2.91. The standard InChI is InChI=1S/C14H17ClFN3S/c1-3-11-14(20-19-18-11)12(17-4-2)8-9-6-5-7-10(16)13(9)15/h5-7,12,17H,3-4,8H2,1-2H3. The smallest absolute Gasteiger partial charge is 0.142 e. The summed E-state index contributed by atoms with van der Waals surface area (Å²) in [4.78, 5) is 1.11. The first-order chi connectivity index (χ1) is 9.67. The predicted molar refractivity (Wildman–Crippen MR) is 80.8 cm³/mol. The molecule has 0 aliphatic carbocycles. The van der Waals surface area contributed by atoms with Gasteiger partial charge >= 0.3 is 0 Å². The highest BCUT2D eigenvalue weighted by molar-refractivity contribution is 7.05. The third-order valence-electron chi connectivity index (χ3n) is 3.14. The highest BCUT2D eigenvalue weighted by atomic mass is 35.5. The molecule has 0 radical (unpaired) electrons. The summed E-state index contributed by atoms with van der Waals surface area (Å²) in [6.45, 7) is 4.91. The van der Waals surface area contributed by atoms with Crippen LogP contribution < -0.4 is 5.32 Å². The van der Waals surface area contributed by atoms with Gasteiger partial charge < -0.3 is 5.32 Å². The van der Waals surface area contributed by atoms with Crippen molar-refractivity contribution in [1.29, 1.82) is 0 Å². The van der Waals surface area contributed by atoms with Crippen LogP contribution in [0.15, 0.2) is 18.2 Å². The third kappa shape index (κ3) is 3.34. The topological polar surface area (TPSA) is 37.8 Å². The van der Waals surface area contributed by atoms with Gasteiger partial charge in [0.15, 0.2) is 0 Å². The van der Waals surface area contributed by atoms with E-state index < -0.39 is 0 Å². The van der Waals surface area contributed by atoms with Gasteiger partial charge in [-0.15, -0.1) is 5.10 Å². The van der Waals surface area contributed by atoms with Crippen LogP contribution in [0.25, 0.3) is 0 Å². The van der Waals surface area contributed by atoms with Gasteiger partial charge in [-0.2, -0.15) is 0 Å². The van der Waals surface area contributed by atoms with Crippen LogP contribution in [-0.4, -0.2) is 16.1 Å². The van der Waals surface area contributed by atoms with E-state index in [4.69, 9.17) is 11.6 Å². The van der Waals surface area contributed by atoms with Crippen LogP contribution in [-0.2, 0) is 12.8 Å². The molecule has 1 unspecified atom stereocenters. The fraction of sp³-hybridized carbons (Fsp3) is 0.429. The molecule has 0 amide bonds. The van der Waals surface area contributed by atoms with Crippen LogP contribution in [0.5, 0.6) is 0 Å². The lowest BCUT2D eigenvalue weighted by atomic mass is 10.0. The molecule has 0 fully saturated rings. The molecule has 0 spiro atoms. The van der Waals surface area contributed by atoms with Crippen molar-refractivity contribution < 1.29 is 4.39 Å². The van der Waals surface area contributed by atoms with Gasteiger partial charge in [-0.25, -0.2) is 4.39 Å². The second-order valence-electron chi connectivity index (χ2n) is 4.46. The van der Waals surface area contributed by atoms with Crippen molar-refractivity contribution in [2.24, 2.45) is 0 Å². The van der Waals surface area contributed by atoms with Crippen LogP contribution in [0.4, 0.5) is 4.39 Å². The second-order valence-corrected chi connectivity index (χ2v) is 5.63. The zero-order valence-electron chi connectivity index (χ0n) is 11.5. The van der Waals surface area contributed by atoms with Crippen LogP contribution in [0.2, 0.25) is 5.02 Å². The number of nitrogens with one attached hydrogen (secondary N) is 1. The molecule has 0 aliphatic heterocycles. The summed E-state index contributed by atoms with van der Waals surface area (Å²) >= 11 is 7.43. The number of aryl methyl sites for hydroxylation is 1. The number of halogens is 2. The van der Waals surface area contributed by atoms with Crippen molar-refractivity contribution in [2.45, 2.75) is 32.7 Å². The van der Waals surface area contributed by atoms with Crippen molar-refractivity contribution in [3.05, 3.63) is 45.2 Å². The molecule has 1 aromatic heterocycles. The summed E-state index contributed by atoms with van der Waals surface area (Å²) in [7, 11) is 0. The normalized spacial score (nSPS) is 12.6. The van der Waals surface area contributed by atoms with Gasteiger partial charge in [-0.3, -0.25) is 0 Å². The Balaban J connectivity index is 2.28. The minimum absolute atomic E-state index is 0.0641. The van der Waals surface area contributed by atoms with E-state index in [9.17, 15) is 4.39 Å². The van der Waals surface area contributed by atoms with Crippen molar-refractivity contribution in [1.82, 2.24) is 14.9 Å². The molecule has 6 heteroatoms. The van der Waals surface area contributed by atoms with E-state index in [-0.39, 0.29) is 16.9 Å². The van der Waals surface area contributed by atoms with Crippen molar-refractivity contribution in [3.8, 4) is 0 Å². The van der Waals surface area contributed by atoms with Gasteiger partial charge in [-0.1, -0.05) is 42.1 Å². The maximum atomic E-state index is 13.5. The fourth-order valence-corrected chi connectivity index (χ4v) is 3.17. The molecule has 2 rings (SSSR count). The number of hydrogen-bond donors (Lipinski definition) is 1. The van der Waals surface area contributed by atoms with Gasteiger partial charge in [0.2, 0.25) is 0 Å². The summed E-state index contributed by atoms with van der Waals surface area (Å²) in [5.74, 6) is -0.377. The molecule has 1 aromatic carbocycles. The number of nitrogens with zero attached hydrogens (tertiary/aromatic N) is 2. The lowest BCUT2D eigenvalue weighted by Crippen LogP contribution is -2.23. The molecule has 2 aromatic rings. The Morgan fingerprint density at radius 3 is 2.90 bits per heavy atom. The molecule has 1 atom stereocenters. The maximum Gasteiger partial charge on any atom is 0.142 e. The zero-order valence-corrected chi connectivity index (χ0v) is 13.1. The Morgan fingerprint density at radius 2 is 2.20 bits per heavy atom. The monoisotopic (exact) mass is 313 g/mol. The van der Waals surface area contributed by atoms with Gasteiger partial charge in [0.25, 0.3) is 0 Å². The Kier molecular flexibility index (Phi) is 5.46. The first kappa shape index (κ1) is 15.4. The molecular weight excluding hydrogens is 297 g/mol. The van der Waals surface area contributed by atoms with E-state index in [1.165, 1.54) is 17.6 Å². The Hall–Kier alpha value is -1.04. The highest BCUT2D eigenvalue weighted by Crippen LogP contribution is 2.28. The minimum Gasteiger partial charge on any atom is -0.309 e. The number of benzene rings is 1. The Morgan fingerprint density at radius 1 is 1.40 bits per heavy atom. The van der Waals surface area contributed by atoms with E-state index in [1.54, 1.807) is 6.07 Å². The number of hydrogen-bond acceptors (Lipinski definition) is 4. The number of aromatic nitrogens is 2. The van der Waals surface area contributed by atoms with E-state index in [2.05, 4.69) is 21.8 Å². The van der Waals surface area contributed by atoms with E-state index in [0.29, 0.717) is 6.42 Å². The van der Waals surface area contributed by atoms with Crippen LogP contribution in [0.1, 0.15) is 36.0 Å². The lowest BCUT2D eigenvalue weighted by molar-refractivity contribution is 0.550. The Bertz CT molecular complexity index is 573. The van der Waals surface area contributed by atoms with Crippen LogP contribution in [0.3, 0.4) is 0 Å². The highest BCUT2D eigenvalue weighted by Gasteiger charge is 2.20. The van der Waals surface area contributed by atoms with E-state index in [1.807, 2.05) is 13.0 Å². The summed E-state index contributed by atoms with van der Waals surface area (Å²) in [6, 6.07) is 4.98. The van der Waals surface area contributed by atoms with Crippen LogP contribution >= 0.6 is 23.1 Å². The molecule has 0 saturated carbocycles. The molecule has 1 N–H and O–H groups in total. The summed E-state index contributed by atoms with van der Waals surface area (Å²) < 4.78 is 17.6. The quantitative estimate of drug-likeness (QED) is 0.881. The molecular formula is C14H17ClFN3S. The number of rotatable bonds is 6. The summed E-state index contributed by atoms with van der Waals surface area (Å²) in [6.07, 6.45) is 1.46. The SMILES string of the molecule is CCNC(Cc1cccc(F)c1Cl)c1snnc1CC. The number of likely N-dealkylation sites (N-methyl/N-ethyl adjacent to an activating group) is 1. The van der Waals surface area contributed by atoms with Crippen molar-refractivity contribution in [3.63, 3.8) is 0 Å². The summed E-state index contributed by atoms with van der Waals surface area (Å²) in [5.41, 5.74) is 1.79. The lowest BCUT2D eigenvalue weighted by Gasteiger charge is -2.18. The van der Waals surface area contributed by atoms with Crippen LogP contribution in [0, 0.1) is 5.82 Å². The van der Waals surface area contributed by atoms with Gasteiger partial charge in [0.1, 0.15) is 5.82 Å². The van der Waals surface area contributed by atoms with Gasteiger partial charge in [0, 0.05) is 6.04 Å². The molecule has 3 nitrogen and oxygen atoms in total. The molecule has 0 bridgehead atoms. The van der Waals surface area contributed by atoms with E-state index in [0.717, 1.165) is 29.1 Å². The van der Waals surface area contributed by atoms with Gasteiger partial charge in [0.05, 0.1) is 15.6 Å². The van der Waals surface area contributed by atoms with Crippen molar-refractivity contribution >= 4 is 23.1 Å². The van der Waals surface area contributed by atoms with Gasteiger partial charge in [-0.05, 0) is 42.5 Å². The Labute approximate surface area is 127 Å². The van der Waals surface area contributed by atoms with E-state index >= 15 is 0 Å². The first-order valence-corrected chi connectivity index (χ1v) is 7.79. The maximum absolute atomic E-state index is 13.5. The zero-order chi connectivity index (χ0) is 14.5. The predicted octanol–water partition coefficient (Wildman–Crippen LogP) is 3.79. The molecule has 20 heavy (non-hydrogen) atoms. The molecule has 108 valence electrons. The average molecular weight is 314 g/mol. The second kappa shape index (κ2) is 7.11. The summed E-state index contributed by atoms with van der Waals surface area (Å²) in [5, 5.41) is 7.75. The molecule has 0 aliphatic rings. The first-order valence-electron chi connectivity index (χ1n) is 6.64. The third-order valence-corrected chi connectivity index (χ3v) is 4.45.